The molecule has 0 saturated carbocycles. The highest BCUT2D eigenvalue weighted by molar-refractivity contribution is 5.71. The summed E-state index contributed by atoms with van der Waals surface area (Å²) in [6, 6.07) is 0. The predicted molar refractivity (Wildman–Crippen MR) is 256 cm³/mol. The summed E-state index contributed by atoms with van der Waals surface area (Å²) in [5.41, 5.74) is 0. The Morgan fingerprint density at radius 3 is 0.867 bits per heavy atom. The number of ether oxygens (including phenoxy) is 3. The molecule has 0 bridgehead atoms. The zero-order valence-corrected chi connectivity index (χ0v) is 41.3. The van der Waals surface area contributed by atoms with Gasteiger partial charge in [-0.05, 0) is 37.0 Å². The summed E-state index contributed by atoms with van der Waals surface area (Å²) < 4.78 is 16.8. The van der Waals surface area contributed by atoms with E-state index in [1.54, 1.807) is 0 Å². The van der Waals surface area contributed by atoms with Crippen LogP contribution in [0.3, 0.4) is 0 Å². The molecule has 0 fully saturated rings. The standard InChI is InChI=1S/C54H104O6/c1-7-50(6)42-36-30-24-20-21-26-32-38-44-53(56)59-47-51(60-54(57)45-39-33-27-19-15-11-13-17-23-29-35-41-49(4)5)46-58-52(55)43-37-31-25-18-14-10-8-9-12-16-22-28-34-40-48(2)3/h48-51H,7-47H2,1-6H3/t50?,51-/m0/s1. The Morgan fingerprint density at radius 2 is 0.583 bits per heavy atom. The Hall–Kier alpha value is -1.59. The summed E-state index contributed by atoms with van der Waals surface area (Å²) in [5, 5.41) is 0. The molecule has 60 heavy (non-hydrogen) atoms. The van der Waals surface area contributed by atoms with Crippen LogP contribution in [0, 0.1) is 17.8 Å². The molecule has 6 nitrogen and oxygen atoms in total. The monoisotopic (exact) mass is 849 g/mol. The van der Waals surface area contributed by atoms with Crippen molar-refractivity contribution in [2.24, 2.45) is 17.8 Å². The maximum Gasteiger partial charge on any atom is 0.306 e. The van der Waals surface area contributed by atoms with Crippen LogP contribution < -0.4 is 0 Å². The largest absolute Gasteiger partial charge is 0.462 e. The van der Waals surface area contributed by atoms with Crippen molar-refractivity contribution >= 4 is 17.9 Å². The van der Waals surface area contributed by atoms with Crippen LogP contribution in [0.2, 0.25) is 0 Å². The molecule has 0 aliphatic rings. The highest BCUT2D eigenvalue weighted by atomic mass is 16.6. The van der Waals surface area contributed by atoms with E-state index in [0.29, 0.717) is 19.3 Å². The number of carbonyl (C=O) groups is 3. The highest BCUT2D eigenvalue weighted by Crippen LogP contribution is 2.18. The van der Waals surface area contributed by atoms with Gasteiger partial charge in [0, 0.05) is 19.3 Å². The molecule has 0 N–H and O–H groups in total. The normalized spacial score (nSPS) is 12.6. The molecule has 0 spiro atoms. The minimum atomic E-state index is -0.763. The average Bonchev–Trinajstić information content (AvgIpc) is 3.22. The zero-order chi connectivity index (χ0) is 44.2. The Kier molecular flexibility index (Phi) is 44.2. The van der Waals surface area contributed by atoms with Crippen LogP contribution in [-0.4, -0.2) is 37.2 Å². The second kappa shape index (κ2) is 45.4. The van der Waals surface area contributed by atoms with Crippen molar-refractivity contribution in [1.29, 1.82) is 0 Å². The van der Waals surface area contributed by atoms with Crippen molar-refractivity contribution in [3.05, 3.63) is 0 Å². The van der Waals surface area contributed by atoms with Gasteiger partial charge in [0.25, 0.3) is 0 Å². The zero-order valence-electron chi connectivity index (χ0n) is 41.3. The van der Waals surface area contributed by atoms with Crippen LogP contribution in [0.15, 0.2) is 0 Å². The van der Waals surface area contributed by atoms with Gasteiger partial charge in [0.2, 0.25) is 0 Å². The third kappa shape index (κ3) is 45.9. The van der Waals surface area contributed by atoms with Crippen LogP contribution in [0.4, 0.5) is 0 Å². The van der Waals surface area contributed by atoms with Gasteiger partial charge in [0.05, 0.1) is 0 Å². The SMILES string of the molecule is CCC(C)CCCCCCCCCCC(=O)OC[C@H](COC(=O)CCCCCCCCCCCCCCCC(C)C)OC(=O)CCCCCCCCCCCCCC(C)C. The van der Waals surface area contributed by atoms with Gasteiger partial charge >= 0.3 is 17.9 Å². The van der Waals surface area contributed by atoms with Crippen LogP contribution in [-0.2, 0) is 28.6 Å². The number of rotatable bonds is 47. The Bertz CT molecular complexity index is 931. The van der Waals surface area contributed by atoms with Gasteiger partial charge in [0.15, 0.2) is 6.10 Å². The molecule has 0 saturated heterocycles. The second-order valence-corrected chi connectivity index (χ2v) is 19.7. The second-order valence-electron chi connectivity index (χ2n) is 19.7. The molecule has 0 amide bonds. The van der Waals surface area contributed by atoms with Gasteiger partial charge in [0.1, 0.15) is 13.2 Å². The lowest BCUT2D eigenvalue weighted by Gasteiger charge is -2.18. The first-order chi connectivity index (χ1) is 29.1. The van der Waals surface area contributed by atoms with Gasteiger partial charge in [-0.2, -0.15) is 0 Å². The fourth-order valence-electron chi connectivity index (χ4n) is 8.08. The number of hydrogen-bond donors (Lipinski definition) is 0. The number of unbranched alkanes of at least 4 members (excludes halogenated alkanes) is 29. The summed E-state index contributed by atoms with van der Waals surface area (Å²) in [5.74, 6) is 1.66. The van der Waals surface area contributed by atoms with E-state index in [1.165, 1.54) is 173 Å². The van der Waals surface area contributed by atoms with E-state index in [2.05, 4.69) is 41.5 Å². The fraction of sp³-hybridized carbons (Fsp3) is 0.944. The molecular weight excluding hydrogens is 745 g/mol. The molecule has 0 aliphatic carbocycles. The van der Waals surface area contributed by atoms with Gasteiger partial charge in [-0.25, -0.2) is 0 Å². The number of esters is 3. The first kappa shape index (κ1) is 58.4. The summed E-state index contributed by atoms with van der Waals surface area (Å²) >= 11 is 0. The van der Waals surface area contributed by atoms with Crippen LogP contribution in [0.25, 0.3) is 0 Å². The Morgan fingerprint density at radius 1 is 0.333 bits per heavy atom. The summed E-state index contributed by atoms with van der Waals surface area (Å²) in [6.45, 7) is 13.7. The molecule has 0 rings (SSSR count). The van der Waals surface area contributed by atoms with Gasteiger partial charge in [-0.1, -0.05) is 253 Å². The molecule has 0 aromatic carbocycles. The highest BCUT2D eigenvalue weighted by Gasteiger charge is 2.19. The van der Waals surface area contributed by atoms with Crippen molar-refractivity contribution in [3.63, 3.8) is 0 Å². The average molecular weight is 849 g/mol. The van der Waals surface area contributed by atoms with Crippen LogP contribution in [0.1, 0.15) is 292 Å². The van der Waals surface area contributed by atoms with E-state index in [-0.39, 0.29) is 31.1 Å². The van der Waals surface area contributed by atoms with Crippen molar-refractivity contribution in [1.82, 2.24) is 0 Å². The third-order valence-electron chi connectivity index (χ3n) is 12.5. The van der Waals surface area contributed by atoms with E-state index < -0.39 is 6.10 Å². The van der Waals surface area contributed by atoms with E-state index in [9.17, 15) is 14.4 Å². The van der Waals surface area contributed by atoms with Crippen molar-refractivity contribution < 1.29 is 28.6 Å². The quantitative estimate of drug-likeness (QED) is 0.0345. The lowest BCUT2D eigenvalue weighted by Crippen LogP contribution is -2.30. The van der Waals surface area contributed by atoms with E-state index in [4.69, 9.17) is 14.2 Å². The summed E-state index contributed by atoms with van der Waals surface area (Å²) in [4.78, 5) is 38.0. The third-order valence-corrected chi connectivity index (χ3v) is 12.5. The molecule has 0 aromatic heterocycles. The van der Waals surface area contributed by atoms with E-state index >= 15 is 0 Å². The van der Waals surface area contributed by atoms with E-state index in [1.807, 2.05) is 0 Å². The molecule has 0 radical (unpaired) electrons. The lowest BCUT2D eigenvalue weighted by atomic mass is 9.99. The molecule has 1 unspecified atom stereocenters. The van der Waals surface area contributed by atoms with Crippen LogP contribution >= 0.6 is 0 Å². The van der Waals surface area contributed by atoms with Gasteiger partial charge in [-0.15, -0.1) is 0 Å². The molecule has 0 aliphatic heterocycles. The molecule has 6 heteroatoms. The molecule has 0 aromatic rings. The number of carbonyl (C=O) groups excluding carboxylic acids is 3. The fourth-order valence-corrected chi connectivity index (χ4v) is 8.08. The minimum Gasteiger partial charge on any atom is -0.462 e. The first-order valence-corrected chi connectivity index (χ1v) is 26.6. The van der Waals surface area contributed by atoms with Crippen molar-refractivity contribution in [3.8, 4) is 0 Å². The Labute approximate surface area is 374 Å². The summed E-state index contributed by atoms with van der Waals surface area (Å²) in [7, 11) is 0. The van der Waals surface area contributed by atoms with Gasteiger partial charge < -0.3 is 14.2 Å². The summed E-state index contributed by atoms with van der Waals surface area (Å²) in [6.07, 6.45) is 45.1. The molecule has 356 valence electrons. The Balaban J connectivity index is 4.32. The predicted octanol–water partition coefficient (Wildman–Crippen LogP) is 17.2. The maximum absolute atomic E-state index is 12.8. The smallest absolute Gasteiger partial charge is 0.306 e. The topological polar surface area (TPSA) is 78.9 Å². The number of hydrogen-bond acceptors (Lipinski definition) is 6. The minimum absolute atomic E-state index is 0.0646. The maximum atomic E-state index is 12.8. The first-order valence-electron chi connectivity index (χ1n) is 26.6. The van der Waals surface area contributed by atoms with Crippen molar-refractivity contribution in [2.75, 3.05) is 13.2 Å². The van der Waals surface area contributed by atoms with Gasteiger partial charge in [-0.3, -0.25) is 14.4 Å². The molecular formula is C54H104O6. The lowest BCUT2D eigenvalue weighted by molar-refractivity contribution is -0.167. The van der Waals surface area contributed by atoms with Crippen LogP contribution in [0.5, 0.6) is 0 Å². The van der Waals surface area contributed by atoms with E-state index in [0.717, 1.165) is 75.5 Å². The van der Waals surface area contributed by atoms with Crippen molar-refractivity contribution in [2.45, 2.75) is 298 Å². The molecule has 0 heterocycles. The molecule has 2 atom stereocenters.